The van der Waals surface area contributed by atoms with Gasteiger partial charge in [-0.1, -0.05) is 12.2 Å². The Bertz CT molecular complexity index is 341. The summed E-state index contributed by atoms with van der Waals surface area (Å²) in [4.78, 5) is 10.6. The summed E-state index contributed by atoms with van der Waals surface area (Å²) < 4.78 is 2.60. The minimum Gasteiger partial charge on any atom is -0.478 e. The third kappa shape index (κ3) is 2.45. The summed E-state index contributed by atoms with van der Waals surface area (Å²) in [5, 5.41) is 8.70. The number of hydrogen-bond donors (Lipinski definition) is 1. The average molecular weight is 244 g/mol. The van der Waals surface area contributed by atoms with Gasteiger partial charge in [0.05, 0.1) is 10.2 Å². The van der Waals surface area contributed by atoms with Crippen molar-refractivity contribution in [2.45, 2.75) is 13.5 Å². The van der Waals surface area contributed by atoms with Crippen LogP contribution in [-0.4, -0.2) is 15.6 Å². The van der Waals surface area contributed by atoms with Gasteiger partial charge in [0.2, 0.25) is 0 Å². The molecule has 0 aliphatic carbocycles. The highest BCUT2D eigenvalue weighted by atomic mass is 79.9. The normalized spacial score (nSPS) is 10.9. The second kappa shape index (κ2) is 4.28. The quantitative estimate of drug-likeness (QED) is 0.830. The lowest BCUT2D eigenvalue weighted by atomic mass is 10.4. The van der Waals surface area contributed by atoms with Crippen molar-refractivity contribution in [3.05, 3.63) is 34.6 Å². The van der Waals surface area contributed by atoms with Gasteiger partial charge in [0, 0.05) is 12.7 Å². The zero-order chi connectivity index (χ0) is 9.84. The van der Waals surface area contributed by atoms with Crippen molar-refractivity contribution in [1.82, 2.24) is 4.57 Å². The zero-order valence-electron chi connectivity index (χ0n) is 7.20. The van der Waals surface area contributed by atoms with Gasteiger partial charge in [-0.25, -0.2) is 4.79 Å². The van der Waals surface area contributed by atoms with Crippen molar-refractivity contribution in [2.24, 2.45) is 0 Å². The Kier molecular flexibility index (Phi) is 3.31. The van der Waals surface area contributed by atoms with E-state index in [2.05, 4.69) is 15.9 Å². The molecular formula is C9H10BrNO2. The van der Waals surface area contributed by atoms with E-state index in [9.17, 15) is 4.79 Å². The SMILES string of the molecule is C/C=C/Cn1cc(C(=O)O)cc1Br. The predicted octanol–water partition coefficient (Wildman–Crippen LogP) is 2.52. The molecule has 13 heavy (non-hydrogen) atoms. The molecule has 0 aliphatic heterocycles. The van der Waals surface area contributed by atoms with Crippen LogP contribution in [0.3, 0.4) is 0 Å². The molecule has 0 radical (unpaired) electrons. The van der Waals surface area contributed by atoms with Gasteiger partial charge >= 0.3 is 5.97 Å². The number of aromatic nitrogens is 1. The van der Waals surface area contributed by atoms with Gasteiger partial charge in [0.25, 0.3) is 0 Å². The van der Waals surface area contributed by atoms with Gasteiger partial charge in [-0.3, -0.25) is 0 Å². The van der Waals surface area contributed by atoms with Crippen LogP contribution in [0.1, 0.15) is 17.3 Å². The molecule has 4 heteroatoms. The molecule has 1 aromatic heterocycles. The van der Waals surface area contributed by atoms with Crippen LogP contribution in [0.4, 0.5) is 0 Å². The largest absolute Gasteiger partial charge is 0.478 e. The Morgan fingerprint density at radius 1 is 1.77 bits per heavy atom. The molecule has 0 atom stereocenters. The summed E-state index contributed by atoms with van der Waals surface area (Å²) in [5.74, 6) is -0.903. The van der Waals surface area contributed by atoms with E-state index in [1.54, 1.807) is 12.3 Å². The highest BCUT2D eigenvalue weighted by Gasteiger charge is 2.07. The van der Waals surface area contributed by atoms with Crippen molar-refractivity contribution in [2.75, 3.05) is 0 Å². The number of aromatic carboxylic acids is 1. The fraction of sp³-hybridized carbons (Fsp3) is 0.222. The first-order valence-corrected chi connectivity index (χ1v) is 4.64. The lowest BCUT2D eigenvalue weighted by molar-refractivity contribution is 0.0697. The molecule has 70 valence electrons. The second-order valence-corrected chi connectivity index (χ2v) is 3.39. The molecule has 3 nitrogen and oxygen atoms in total. The molecule has 0 bridgehead atoms. The van der Waals surface area contributed by atoms with Crippen molar-refractivity contribution < 1.29 is 9.90 Å². The third-order valence-electron chi connectivity index (χ3n) is 1.63. The van der Waals surface area contributed by atoms with Crippen LogP contribution in [0.25, 0.3) is 0 Å². The maximum Gasteiger partial charge on any atom is 0.337 e. The standard InChI is InChI=1S/C9H10BrNO2/c1-2-3-4-11-6-7(9(12)13)5-8(11)10/h2-3,5-6H,4H2,1H3,(H,12,13)/b3-2+. The number of rotatable bonds is 3. The van der Waals surface area contributed by atoms with Gasteiger partial charge in [-0.05, 0) is 28.9 Å². The molecule has 0 spiro atoms. The molecule has 0 saturated carbocycles. The number of carbonyl (C=O) groups is 1. The Morgan fingerprint density at radius 2 is 2.46 bits per heavy atom. The molecule has 0 amide bonds. The van der Waals surface area contributed by atoms with Crippen LogP contribution in [0.5, 0.6) is 0 Å². The monoisotopic (exact) mass is 243 g/mol. The van der Waals surface area contributed by atoms with Gasteiger partial charge in [0.1, 0.15) is 0 Å². The number of carboxylic acid groups (broad SMARTS) is 1. The number of nitrogens with zero attached hydrogens (tertiary/aromatic N) is 1. The first-order chi connectivity index (χ1) is 6.15. The predicted molar refractivity (Wildman–Crippen MR) is 53.9 cm³/mol. The van der Waals surface area contributed by atoms with E-state index in [1.165, 1.54) is 0 Å². The van der Waals surface area contributed by atoms with Crippen LogP contribution >= 0.6 is 15.9 Å². The highest BCUT2D eigenvalue weighted by molar-refractivity contribution is 9.10. The van der Waals surface area contributed by atoms with Crippen molar-refractivity contribution in [3.8, 4) is 0 Å². The van der Waals surface area contributed by atoms with Crippen LogP contribution < -0.4 is 0 Å². The molecule has 0 aromatic carbocycles. The summed E-state index contributed by atoms with van der Waals surface area (Å²) in [7, 11) is 0. The summed E-state index contributed by atoms with van der Waals surface area (Å²) in [6.07, 6.45) is 5.48. The summed E-state index contributed by atoms with van der Waals surface area (Å²) in [5.41, 5.74) is 0.302. The Labute approximate surface area is 84.8 Å². The zero-order valence-corrected chi connectivity index (χ0v) is 8.78. The molecule has 0 unspecified atom stereocenters. The second-order valence-electron chi connectivity index (χ2n) is 2.58. The van der Waals surface area contributed by atoms with E-state index in [-0.39, 0.29) is 0 Å². The minimum absolute atomic E-state index is 0.302. The average Bonchev–Trinajstić information content (AvgIpc) is 2.44. The Morgan fingerprint density at radius 3 is 2.92 bits per heavy atom. The minimum atomic E-state index is -0.903. The number of hydrogen-bond acceptors (Lipinski definition) is 1. The van der Waals surface area contributed by atoms with Crippen LogP contribution in [0, 0.1) is 0 Å². The Hall–Kier alpha value is -1.03. The van der Waals surface area contributed by atoms with Crippen LogP contribution in [-0.2, 0) is 6.54 Å². The van der Waals surface area contributed by atoms with Crippen molar-refractivity contribution in [1.29, 1.82) is 0 Å². The van der Waals surface area contributed by atoms with Crippen LogP contribution in [0.15, 0.2) is 29.0 Å². The lowest BCUT2D eigenvalue weighted by Gasteiger charge is -1.97. The molecule has 1 heterocycles. The van der Waals surface area contributed by atoms with Gasteiger partial charge < -0.3 is 9.67 Å². The smallest absolute Gasteiger partial charge is 0.337 e. The van der Waals surface area contributed by atoms with E-state index < -0.39 is 5.97 Å². The van der Waals surface area contributed by atoms with Crippen LogP contribution in [0.2, 0.25) is 0 Å². The third-order valence-corrected chi connectivity index (χ3v) is 2.31. The number of halogens is 1. The molecule has 1 N–H and O–H groups in total. The summed E-state index contributed by atoms with van der Waals surface area (Å²) in [6, 6.07) is 1.59. The van der Waals surface area contributed by atoms with Crippen molar-refractivity contribution in [3.63, 3.8) is 0 Å². The summed E-state index contributed by atoms with van der Waals surface area (Å²) >= 11 is 3.28. The Balaban J connectivity index is 2.89. The number of carboxylic acids is 1. The fourth-order valence-corrected chi connectivity index (χ4v) is 1.45. The van der Waals surface area contributed by atoms with E-state index in [0.29, 0.717) is 12.1 Å². The van der Waals surface area contributed by atoms with Gasteiger partial charge in [-0.15, -0.1) is 0 Å². The maximum atomic E-state index is 10.6. The van der Waals surface area contributed by atoms with E-state index in [1.807, 2.05) is 23.6 Å². The van der Waals surface area contributed by atoms with Crippen molar-refractivity contribution >= 4 is 21.9 Å². The fourth-order valence-electron chi connectivity index (χ4n) is 0.954. The summed E-state index contributed by atoms with van der Waals surface area (Å²) in [6.45, 7) is 2.61. The molecular weight excluding hydrogens is 234 g/mol. The van der Waals surface area contributed by atoms with E-state index in [0.717, 1.165) is 4.60 Å². The topological polar surface area (TPSA) is 42.2 Å². The van der Waals surface area contributed by atoms with Gasteiger partial charge in [-0.2, -0.15) is 0 Å². The molecule has 1 rings (SSSR count). The molecule has 0 fully saturated rings. The van der Waals surface area contributed by atoms with E-state index >= 15 is 0 Å². The molecule has 0 aliphatic rings. The lowest BCUT2D eigenvalue weighted by Crippen LogP contribution is -1.95. The highest BCUT2D eigenvalue weighted by Crippen LogP contribution is 2.15. The molecule has 1 aromatic rings. The first kappa shape index (κ1) is 10.1. The first-order valence-electron chi connectivity index (χ1n) is 3.85. The number of allylic oxidation sites excluding steroid dienone is 2. The molecule has 0 saturated heterocycles. The maximum absolute atomic E-state index is 10.6. The van der Waals surface area contributed by atoms with Gasteiger partial charge in [0.15, 0.2) is 0 Å². The van der Waals surface area contributed by atoms with E-state index in [4.69, 9.17) is 5.11 Å².